The van der Waals surface area contributed by atoms with E-state index in [2.05, 4.69) is 0 Å². The smallest absolute Gasteiger partial charge is 0.224 e. The maximum atomic E-state index is 12.3. The van der Waals surface area contributed by atoms with E-state index >= 15 is 0 Å². The highest BCUT2D eigenvalue weighted by atomic mass is 16.5. The predicted molar refractivity (Wildman–Crippen MR) is 93.7 cm³/mol. The predicted octanol–water partition coefficient (Wildman–Crippen LogP) is 2.86. The van der Waals surface area contributed by atoms with Crippen molar-refractivity contribution < 1.29 is 19.1 Å². The van der Waals surface area contributed by atoms with Gasteiger partial charge < -0.3 is 9.64 Å². The van der Waals surface area contributed by atoms with Crippen molar-refractivity contribution in [2.24, 2.45) is 17.3 Å². The Bertz CT molecular complexity index is 424. The monoisotopic (exact) mass is 339 g/mol. The highest BCUT2D eigenvalue weighted by Crippen LogP contribution is 2.40. The molecule has 5 heteroatoms. The summed E-state index contributed by atoms with van der Waals surface area (Å²) in [5.41, 5.74) is -0.277. The van der Waals surface area contributed by atoms with Crippen molar-refractivity contribution in [3.63, 3.8) is 0 Å². The molecule has 0 N–H and O–H groups in total. The number of Topliss-reactive ketones (excluding diaryl/α,β-unsaturated/α-hetero) is 2. The Morgan fingerprint density at radius 3 is 1.79 bits per heavy atom. The average Bonchev–Trinajstić information content (AvgIpc) is 2.52. The number of carbonyl (C=O) groups excluding carboxylic acids is 3. The van der Waals surface area contributed by atoms with Crippen LogP contribution in [-0.4, -0.2) is 49.2 Å². The first-order chi connectivity index (χ1) is 11.2. The van der Waals surface area contributed by atoms with Gasteiger partial charge in [-0.15, -0.1) is 0 Å². The summed E-state index contributed by atoms with van der Waals surface area (Å²) >= 11 is 0. The molecule has 0 bridgehead atoms. The topological polar surface area (TPSA) is 63.7 Å². The summed E-state index contributed by atoms with van der Waals surface area (Å²) in [5.74, 6) is 0.488. The highest BCUT2D eigenvalue weighted by Gasteiger charge is 2.39. The fourth-order valence-corrected chi connectivity index (χ4v) is 3.14. The van der Waals surface area contributed by atoms with Gasteiger partial charge in [-0.1, -0.05) is 27.7 Å². The third-order valence-corrected chi connectivity index (χ3v) is 5.08. The summed E-state index contributed by atoms with van der Waals surface area (Å²) in [4.78, 5) is 38.6. The van der Waals surface area contributed by atoms with E-state index in [4.69, 9.17) is 4.74 Å². The van der Waals surface area contributed by atoms with Crippen molar-refractivity contribution in [3.05, 3.63) is 0 Å². The van der Waals surface area contributed by atoms with E-state index in [1.807, 2.05) is 32.6 Å². The minimum absolute atomic E-state index is 0.0163. The Morgan fingerprint density at radius 2 is 1.42 bits per heavy atom. The van der Waals surface area contributed by atoms with Crippen LogP contribution in [0.25, 0.3) is 0 Å². The van der Waals surface area contributed by atoms with Crippen LogP contribution < -0.4 is 0 Å². The summed E-state index contributed by atoms with van der Waals surface area (Å²) in [7, 11) is 1.59. The second-order valence-electron chi connectivity index (χ2n) is 7.72. The molecule has 24 heavy (non-hydrogen) atoms. The van der Waals surface area contributed by atoms with Crippen LogP contribution in [-0.2, 0) is 19.1 Å². The fraction of sp³-hybridized carbons (Fsp3) is 0.842. The van der Waals surface area contributed by atoms with Gasteiger partial charge in [0.1, 0.15) is 11.6 Å². The minimum atomic E-state index is -0.277. The molecule has 1 amide bonds. The lowest BCUT2D eigenvalue weighted by atomic mass is 9.69. The van der Waals surface area contributed by atoms with Crippen molar-refractivity contribution >= 4 is 17.5 Å². The Kier molecular flexibility index (Phi) is 8.07. The molecule has 138 valence electrons. The van der Waals surface area contributed by atoms with E-state index in [-0.39, 0.29) is 34.7 Å². The quantitative estimate of drug-likeness (QED) is 0.648. The first-order valence-electron chi connectivity index (χ1n) is 9.03. The SMILES string of the molecule is COCCC(=O)N1CCC(CC(=O)C(C)C)(CC(=O)C(C)C)CC1. The number of methoxy groups -OCH3 is 1. The van der Waals surface area contributed by atoms with Crippen molar-refractivity contribution in [1.82, 2.24) is 4.90 Å². The molecule has 0 radical (unpaired) electrons. The van der Waals surface area contributed by atoms with Crippen LogP contribution in [0.3, 0.4) is 0 Å². The van der Waals surface area contributed by atoms with E-state index in [1.165, 1.54) is 0 Å². The maximum Gasteiger partial charge on any atom is 0.224 e. The minimum Gasteiger partial charge on any atom is -0.384 e. The Hall–Kier alpha value is -1.23. The van der Waals surface area contributed by atoms with Gasteiger partial charge in [0.05, 0.1) is 13.0 Å². The molecule has 1 saturated heterocycles. The summed E-state index contributed by atoms with van der Waals surface area (Å²) < 4.78 is 4.97. The van der Waals surface area contributed by atoms with E-state index < -0.39 is 0 Å². The zero-order chi connectivity index (χ0) is 18.3. The van der Waals surface area contributed by atoms with Gasteiger partial charge in [0.25, 0.3) is 0 Å². The lowest BCUT2D eigenvalue weighted by Gasteiger charge is -2.42. The number of carbonyl (C=O) groups is 3. The summed E-state index contributed by atoms with van der Waals surface area (Å²) in [6.45, 7) is 9.30. The van der Waals surface area contributed by atoms with Crippen LogP contribution in [0.2, 0.25) is 0 Å². The normalized spacial score (nSPS) is 17.4. The standard InChI is InChI=1S/C19H33NO4/c1-14(2)16(21)12-19(13-17(22)15(3)4)7-9-20(10-8-19)18(23)6-11-24-5/h14-15H,6-13H2,1-5H3. The van der Waals surface area contributed by atoms with Crippen LogP contribution in [0.4, 0.5) is 0 Å². The fourth-order valence-electron chi connectivity index (χ4n) is 3.14. The lowest BCUT2D eigenvalue weighted by Crippen LogP contribution is -2.45. The van der Waals surface area contributed by atoms with Crippen molar-refractivity contribution in [2.45, 2.75) is 59.8 Å². The van der Waals surface area contributed by atoms with E-state index in [9.17, 15) is 14.4 Å². The molecule has 0 spiro atoms. The van der Waals surface area contributed by atoms with Crippen molar-refractivity contribution in [1.29, 1.82) is 0 Å². The molecule has 0 aromatic carbocycles. The molecule has 5 nitrogen and oxygen atoms in total. The molecule has 1 rings (SSSR count). The number of hydrogen-bond acceptors (Lipinski definition) is 4. The Balaban J connectivity index is 2.77. The lowest BCUT2D eigenvalue weighted by molar-refractivity contribution is -0.136. The second kappa shape index (κ2) is 9.30. The molecule has 0 aliphatic carbocycles. The molecule has 0 aromatic heterocycles. The van der Waals surface area contributed by atoms with Gasteiger partial charge in [0.2, 0.25) is 5.91 Å². The number of ketones is 2. The molecular formula is C19H33NO4. The van der Waals surface area contributed by atoms with Gasteiger partial charge in [-0.05, 0) is 18.3 Å². The molecule has 1 aliphatic heterocycles. The molecule has 0 aromatic rings. The summed E-state index contributed by atoms with van der Waals surface area (Å²) in [6.07, 6.45) is 2.73. The average molecular weight is 339 g/mol. The number of nitrogens with zero attached hydrogens (tertiary/aromatic N) is 1. The first kappa shape index (κ1) is 20.8. The van der Waals surface area contributed by atoms with Gasteiger partial charge >= 0.3 is 0 Å². The Labute approximate surface area is 146 Å². The van der Waals surface area contributed by atoms with E-state index in [0.717, 1.165) is 12.8 Å². The van der Waals surface area contributed by atoms with Crippen LogP contribution in [0, 0.1) is 17.3 Å². The number of piperidine rings is 1. The third-order valence-electron chi connectivity index (χ3n) is 5.08. The van der Waals surface area contributed by atoms with Crippen LogP contribution in [0.5, 0.6) is 0 Å². The second-order valence-corrected chi connectivity index (χ2v) is 7.72. The number of ether oxygens (including phenoxy) is 1. The van der Waals surface area contributed by atoms with Gasteiger partial charge in [0.15, 0.2) is 0 Å². The van der Waals surface area contributed by atoms with Gasteiger partial charge in [-0.25, -0.2) is 0 Å². The zero-order valence-corrected chi connectivity index (χ0v) is 15.9. The summed E-state index contributed by atoms with van der Waals surface area (Å²) in [6, 6.07) is 0. The molecular weight excluding hydrogens is 306 g/mol. The molecule has 1 aliphatic rings. The van der Waals surface area contributed by atoms with Gasteiger partial charge in [-0.2, -0.15) is 0 Å². The van der Waals surface area contributed by atoms with E-state index in [1.54, 1.807) is 7.11 Å². The van der Waals surface area contributed by atoms with Crippen LogP contribution >= 0.6 is 0 Å². The summed E-state index contributed by atoms with van der Waals surface area (Å²) in [5, 5.41) is 0. The van der Waals surface area contributed by atoms with Crippen molar-refractivity contribution in [2.75, 3.05) is 26.8 Å². The number of hydrogen-bond donors (Lipinski definition) is 0. The van der Waals surface area contributed by atoms with Gasteiger partial charge in [-0.3, -0.25) is 14.4 Å². The first-order valence-corrected chi connectivity index (χ1v) is 9.03. The largest absolute Gasteiger partial charge is 0.384 e. The molecule has 1 fully saturated rings. The molecule has 0 saturated carbocycles. The van der Waals surface area contributed by atoms with Crippen LogP contribution in [0.1, 0.15) is 59.8 Å². The number of amides is 1. The van der Waals surface area contributed by atoms with Crippen molar-refractivity contribution in [3.8, 4) is 0 Å². The Morgan fingerprint density at radius 1 is 0.958 bits per heavy atom. The van der Waals surface area contributed by atoms with E-state index in [0.29, 0.717) is 39.0 Å². The van der Waals surface area contributed by atoms with Crippen LogP contribution in [0.15, 0.2) is 0 Å². The number of rotatable bonds is 9. The molecule has 1 heterocycles. The van der Waals surface area contributed by atoms with Gasteiger partial charge in [0, 0.05) is 44.9 Å². The molecule has 0 atom stereocenters. The highest BCUT2D eigenvalue weighted by molar-refractivity contribution is 5.84. The third kappa shape index (κ3) is 6.00. The molecule has 0 unspecified atom stereocenters. The maximum absolute atomic E-state index is 12.3. The number of likely N-dealkylation sites (tertiary alicyclic amines) is 1. The zero-order valence-electron chi connectivity index (χ0n) is 15.9.